The molecule has 6 nitrogen and oxygen atoms in total. The van der Waals surface area contributed by atoms with E-state index >= 15 is 0 Å². The molecular formula is C10H15NO5Te. The second kappa shape index (κ2) is 3.50. The van der Waals surface area contributed by atoms with Crippen LogP contribution in [0.1, 0.15) is 20.8 Å². The third-order valence-corrected chi connectivity index (χ3v) is 10.8. The number of β-lactam (4-membered cyclic amide) rings is 1. The fourth-order valence-electron chi connectivity index (χ4n) is 2.73. The Morgan fingerprint density at radius 3 is 2.24 bits per heavy atom. The van der Waals surface area contributed by atoms with E-state index in [4.69, 9.17) is 0 Å². The first-order chi connectivity index (χ1) is 7.69. The second-order valence-corrected chi connectivity index (χ2v) is 11.0. The molecule has 7 heteroatoms. The maximum absolute atomic E-state index is 12.2. The minimum absolute atomic E-state index is 0.393. The van der Waals surface area contributed by atoms with Crippen molar-refractivity contribution < 1.29 is 20.9 Å². The van der Waals surface area contributed by atoms with E-state index in [1.165, 1.54) is 6.92 Å². The molecule has 4 atom stereocenters. The van der Waals surface area contributed by atoms with Crippen LogP contribution in [0.4, 0.5) is 0 Å². The van der Waals surface area contributed by atoms with E-state index in [1.807, 2.05) is 0 Å². The van der Waals surface area contributed by atoms with Gasteiger partial charge >= 0.3 is 102 Å². The summed E-state index contributed by atoms with van der Waals surface area (Å²) in [6, 6.07) is -0.754. The van der Waals surface area contributed by atoms with Crippen molar-refractivity contribution in [1.29, 1.82) is 0 Å². The van der Waals surface area contributed by atoms with Crippen molar-refractivity contribution in [2.24, 2.45) is 11.8 Å². The summed E-state index contributed by atoms with van der Waals surface area (Å²) in [5.74, 6) is -1.86. The number of hydrogen-bond acceptors (Lipinski definition) is 5. The molecular weight excluding hydrogens is 342 g/mol. The van der Waals surface area contributed by atoms with Crippen LogP contribution in [0.5, 0.6) is 0 Å². The Bertz CT molecular complexity index is 497. The van der Waals surface area contributed by atoms with Crippen LogP contribution < -0.4 is 5.32 Å². The van der Waals surface area contributed by atoms with Gasteiger partial charge in [0.15, 0.2) is 0 Å². The molecule has 0 bridgehead atoms. The van der Waals surface area contributed by atoms with E-state index < -0.39 is 55.3 Å². The molecule has 0 aromatic carbocycles. The summed E-state index contributed by atoms with van der Waals surface area (Å²) in [4.78, 5) is 23.4. The number of nitrogens with one attached hydrogen (secondary N) is 1. The number of hydrogen-bond donors (Lipinski definition) is 2. The first-order valence-electron chi connectivity index (χ1n) is 5.46. The monoisotopic (exact) mass is 359 g/mol. The standard InChI is InChI=1S/C10H15NO5Te/c1-4(2)7(12)10-6(11-9(10)14)5(3)8(13)17(10,15)16/h4-7,12H,1-3H3,(H,11,14)/t5?,6-,7-,10-/m0/s1. The van der Waals surface area contributed by atoms with Crippen molar-refractivity contribution in [3.05, 3.63) is 0 Å². The van der Waals surface area contributed by atoms with Gasteiger partial charge in [0.1, 0.15) is 0 Å². The predicted molar refractivity (Wildman–Crippen MR) is 56.8 cm³/mol. The van der Waals surface area contributed by atoms with Gasteiger partial charge in [-0.15, -0.1) is 0 Å². The Balaban J connectivity index is 2.64. The van der Waals surface area contributed by atoms with Crippen LogP contribution in [0.25, 0.3) is 0 Å². The number of carbonyl (C=O) groups excluding carboxylic acids is 2. The van der Waals surface area contributed by atoms with E-state index in [-0.39, 0.29) is 0 Å². The number of rotatable bonds is 2. The summed E-state index contributed by atoms with van der Waals surface area (Å²) in [5.41, 5.74) is 0. The number of carbonyl (C=O) groups is 2. The van der Waals surface area contributed by atoms with Gasteiger partial charge in [0.25, 0.3) is 0 Å². The van der Waals surface area contributed by atoms with Crippen LogP contribution in [-0.2, 0) is 15.8 Å². The van der Waals surface area contributed by atoms with E-state index in [2.05, 4.69) is 5.32 Å². The van der Waals surface area contributed by atoms with Crippen LogP contribution in [0, 0.1) is 11.8 Å². The van der Waals surface area contributed by atoms with Gasteiger partial charge in [-0.25, -0.2) is 0 Å². The van der Waals surface area contributed by atoms with Crippen LogP contribution in [0.3, 0.4) is 0 Å². The van der Waals surface area contributed by atoms with Gasteiger partial charge in [-0.1, -0.05) is 0 Å². The summed E-state index contributed by atoms with van der Waals surface area (Å²) in [7, 11) is 0. The van der Waals surface area contributed by atoms with Crippen LogP contribution in [-0.4, -0.2) is 45.1 Å². The summed E-state index contributed by atoms with van der Waals surface area (Å²) >= 11 is -5.53. The summed E-state index contributed by atoms with van der Waals surface area (Å²) < 4.78 is 21.7. The average molecular weight is 357 g/mol. The quantitative estimate of drug-likeness (QED) is 0.503. The number of aliphatic hydroxyl groups excluding tert-OH is 1. The van der Waals surface area contributed by atoms with E-state index in [0.29, 0.717) is 0 Å². The Labute approximate surface area is 102 Å². The Hall–Kier alpha value is -0.510. The van der Waals surface area contributed by atoms with Crippen molar-refractivity contribution >= 4 is 27.9 Å². The Kier molecular flexibility index (Phi) is 2.66. The van der Waals surface area contributed by atoms with E-state index in [1.54, 1.807) is 13.8 Å². The van der Waals surface area contributed by atoms with Gasteiger partial charge in [-0.05, 0) is 0 Å². The first-order valence-corrected chi connectivity index (χ1v) is 9.69. The molecule has 2 fully saturated rings. The maximum atomic E-state index is 12.2. The Morgan fingerprint density at radius 1 is 1.35 bits per heavy atom. The molecule has 0 aromatic heterocycles. The number of amides is 1. The topological polar surface area (TPSA) is 101 Å². The molecule has 2 saturated heterocycles. The molecule has 0 saturated carbocycles. The average Bonchev–Trinajstić information content (AvgIpc) is 2.33. The molecule has 0 spiro atoms. The van der Waals surface area contributed by atoms with Crippen molar-refractivity contribution in [2.75, 3.05) is 0 Å². The molecule has 2 aliphatic heterocycles. The minimum atomic E-state index is -5.53. The molecule has 1 amide bonds. The summed E-state index contributed by atoms with van der Waals surface area (Å²) in [6.07, 6.45) is -1.31. The molecule has 2 aliphatic rings. The van der Waals surface area contributed by atoms with Gasteiger partial charge < -0.3 is 0 Å². The van der Waals surface area contributed by atoms with Crippen molar-refractivity contribution in [1.82, 2.24) is 5.32 Å². The fourth-order valence-corrected chi connectivity index (χ4v) is 9.72. The third-order valence-electron chi connectivity index (χ3n) is 3.76. The number of fused-ring (bicyclic) bond motifs is 1. The molecule has 2 N–H and O–H groups in total. The summed E-state index contributed by atoms with van der Waals surface area (Å²) in [5, 5.41) is 12.5. The molecule has 2 heterocycles. The first kappa shape index (κ1) is 12.9. The molecule has 2 rings (SSSR count). The molecule has 0 aromatic rings. The summed E-state index contributed by atoms with van der Waals surface area (Å²) in [6.45, 7) is 4.75. The normalized spacial score (nSPS) is 40.8. The van der Waals surface area contributed by atoms with E-state index in [0.717, 1.165) is 0 Å². The molecule has 17 heavy (non-hydrogen) atoms. The predicted octanol–water partition coefficient (Wildman–Crippen LogP) is -0.697. The van der Waals surface area contributed by atoms with E-state index in [9.17, 15) is 20.9 Å². The zero-order valence-corrected chi connectivity index (χ0v) is 12.1. The van der Waals surface area contributed by atoms with Crippen LogP contribution >= 0.6 is 0 Å². The van der Waals surface area contributed by atoms with Crippen LogP contribution in [0.2, 0.25) is 3.46 Å². The zero-order valence-electron chi connectivity index (χ0n) is 9.80. The van der Waals surface area contributed by atoms with Gasteiger partial charge in [0, 0.05) is 0 Å². The molecule has 0 radical (unpaired) electrons. The SMILES string of the molecule is CC(C)[C@H](O)[C@]12C(=O)N[C@H]1C(C)C(=O)[Te]2(=O)=O. The van der Waals surface area contributed by atoms with Gasteiger partial charge in [0.2, 0.25) is 0 Å². The Morgan fingerprint density at radius 2 is 1.88 bits per heavy atom. The van der Waals surface area contributed by atoms with Crippen molar-refractivity contribution in [3.8, 4) is 0 Å². The van der Waals surface area contributed by atoms with Crippen molar-refractivity contribution in [3.63, 3.8) is 0 Å². The fraction of sp³-hybridized carbons (Fsp3) is 0.800. The third kappa shape index (κ3) is 1.20. The van der Waals surface area contributed by atoms with Crippen LogP contribution in [0.15, 0.2) is 0 Å². The molecule has 1 unspecified atom stereocenters. The molecule has 0 aliphatic carbocycles. The number of aliphatic hydroxyl groups is 1. The zero-order chi connectivity index (χ0) is 13.2. The molecule has 96 valence electrons. The van der Waals surface area contributed by atoms with Gasteiger partial charge in [-0.2, -0.15) is 0 Å². The van der Waals surface area contributed by atoms with Gasteiger partial charge in [-0.3, -0.25) is 0 Å². The second-order valence-electron chi connectivity index (χ2n) is 5.04. The van der Waals surface area contributed by atoms with Gasteiger partial charge in [0.05, 0.1) is 0 Å². The van der Waals surface area contributed by atoms with Crippen molar-refractivity contribution in [2.45, 2.75) is 36.4 Å².